The first-order chi connectivity index (χ1) is 14.4. The number of carbonyl (C=O) groups excluding carboxylic acids is 3. The Labute approximate surface area is 176 Å². The number of nitrogens with one attached hydrogen (secondary N) is 1. The summed E-state index contributed by atoms with van der Waals surface area (Å²) < 4.78 is 10.5. The number of hydrogen-bond acceptors (Lipinski definition) is 5. The van der Waals surface area contributed by atoms with Gasteiger partial charge in [-0.05, 0) is 56.7 Å². The Balaban J connectivity index is 1.51. The zero-order valence-corrected chi connectivity index (χ0v) is 17.4. The van der Waals surface area contributed by atoms with Gasteiger partial charge in [0.15, 0.2) is 6.61 Å². The number of nitrogens with zero attached hydrogens (tertiary/aromatic N) is 1. The van der Waals surface area contributed by atoms with Gasteiger partial charge >= 0.3 is 5.97 Å². The fourth-order valence-corrected chi connectivity index (χ4v) is 3.46. The average Bonchev–Trinajstić information content (AvgIpc) is 3.09. The van der Waals surface area contributed by atoms with E-state index in [4.69, 9.17) is 9.47 Å². The van der Waals surface area contributed by atoms with Crippen LogP contribution in [0.1, 0.15) is 24.5 Å². The van der Waals surface area contributed by atoms with Gasteiger partial charge in [0, 0.05) is 24.3 Å². The third kappa shape index (κ3) is 5.17. The Morgan fingerprint density at radius 1 is 1.13 bits per heavy atom. The Bertz CT molecular complexity index is 939. The van der Waals surface area contributed by atoms with Crippen molar-refractivity contribution in [1.82, 2.24) is 0 Å². The van der Waals surface area contributed by atoms with E-state index in [1.54, 1.807) is 29.2 Å². The number of benzene rings is 2. The lowest BCUT2D eigenvalue weighted by molar-refractivity contribution is -0.151. The predicted molar refractivity (Wildman–Crippen MR) is 114 cm³/mol. The molecule has 1 N–H and O–H groups in total. The van der Waals surface area contributed by atoms with Crippen LogP contribution in [0.15, 0.2) is 42.5 Å². The van der Waals surface area contributed by atoms with E-state index in [0.29, 0.717) is 18.0 Å². The third-order valence-corrected chi connectivity index (χ3v) is 4.90. The molecule has 3 rings (SSSR count). The molecule has 1 aliphatic rings. The van der Waals surface area contributed by atoms with Crippen LogP contribution in [0.5, 0.6) is 5.75 Å². The molecule has 0 aliphatic carbocycles. The van der Waals surface area contributed by atoms with E-state index in [9.17, 15) is 14.4 Å². The summed E-state index contributed by atoms with van der Waals surface area (Å²) in [7, 11) is 0. The van der Waals surface area contributed by atoms with E-state index < -0.39 is 24.4 Å². The highest BCUT2D eigenvalue weighted by atomic mass is 16.5. The number of carbonyl (C=O) groups is 3. The minimum absolute atomic E-state index is 0.0761. The second-order valence-electron chi connectivity index (χ2n) is 7.31. The number of amides is 2. The van der Waals surface area contributed by atoms with Crippen LogP contribution in [0, 0.1) is 19.8 Å². The van der Waals surface area contributed by atoms with Crippen LogP contribution in [-0.4, -0.2) is 37.5 Å². The summed E-state index contributed by atoms with van der Waals surface area (Å²) in [4.78, 5) is 38.5. The highest BCUT2D eigenvalue weighted by Gasteiger charge is 2.36. The van der Waals surface area contributed by atoms with E-state index in [1.807, 2.05) is 39.0 Å². The van der Waals surface area contributed by atoms with E-state index in [2.05, 4.69) is 5.32 Å². The maximum atomic E-state index is 12.4. The molecule has 0 aromatic heterocycles. The van der Waals surface area contributed by atoms with Crippen LogP contribution in [0.2, 0.25) is 0 Å². The Kier molecular flexibility index (Phi) is 6.72. The van der Waals surface area contributed by atoms with Gasteiger partial charge in [0.1, 0.15) is 5.75 Å². The third-order valence-electron chi connectivity index (χ3n) is 4.90. The summed E-state index contributed by atoms with van der Waals surface area (Å²) in [6.45, 7) is 6.23. The van der Waals surface area contributed by atoms with Gasteiger partial charge in [-0.1, -0.05) is 17.7 Å². The van der Waals surface area contributed by atoms with Crippen LogP contribution in [0.3, 0.4) is 0 Å². The van der Waals surface area contributed by atoms with Gasteiger partial charge in [0.2, 0.25) is 5.91 Å². The molecule has 1 heterocycles. The summed E-state index contributed by atoms with van der Waals surface area (Å²) in [5, 5.41) is 2.66. The molecule has 7 nitrogen and oxygen atoms in total. The molecule has 0 unspecified atom stereocenters. The van der Waals surface area contributed by atoms with Crippen molar-refractivity contribution in [2.45, 2.75) is 27.2 Å². The molecule has 1 aliphatic heterocycles. The normalized spacial score (nSPS) is 15.8. The van der Waals surface area contributed by atoms with Crippen molar-refractivity contribution < 1.29 is 23.9 Å². The zero-order valence-electron chi connectivity index (χ0n) is 17.4. The van der Waals surface area contributed by atoms with Gasteiger partial charge in [-0.3, -0.25) is 14.4 Å². The molecular weight excluding hydrogens is 384 g/mol. The first-order valence-electron chi connectivity index (χ1n) is 9.94. The quantitative estimate of drug-likeness (QED) is 0.709. The smallest absolute Gasteiger partial charge is 0.311 e. The molecule has 0 saturated carbocycles. The lowest BCUT2D eigenvalue weighted by atomic mass is 10.1. The molecule has 0 spiro atoms. The lowest BCUT2D eigenvalue weighted by Crippen LogP contribution is -2.28. The Morgan fingerprint density at radius 3 is 2.53 bits per heavy atom. The van der Waals surface area contributed by atoms with Crippen molar-refractivity contribution in [3.8, 4) is 5.75 Å². The van der Waals surface area contributed by atoms with Crippen LogP contribution in [0.25, 0.3) is 0 Å². The monoisotopic (exact) mass is 410 g/mol. The molecule has 2 aromatic carbocycles. The molecule has 1 saturated heterocycles. The maximum absolute atomic E-state index is 12.4. The fourth-order valence-electron chi connectivity index (χ4n) is 3.46. The molecule has 30 heavy (non-hydrogen) atoms. The molecule has 0 radical (unpaired) electrons. The predicted octanol–water partition coefficient (Wildman–Crippen LogP) is 3.24. The van der Waals surface area contributed by atoms with Gasteiger partial charge in [0.05, 0.1) is 12.5 Å². The fraction of sp³-hybridized carbons (Fsp3) is 0.348. The highest BCUT2D eigenvalue weighted by Crippen LogP contribution is 2.29. The summed E-state index contributed by atoms with van der Waals surface area (Å²) in [6, 6.07) is 12.7. The molecule has 2 aromatic rings. The van der Waals surface area contributed by atoms with Gasteiger partial charge < -0.3 is 19.7 Å². The SMILES string of the molecule is CCOc1ccc(NC(=O)COC(=O)[C@H]2CC(=O)N(c3ccc(C)cc3C)C2)cc1. The summed E-state index contributed by atoms with van der Waals surface area (Å²) >= 11 is 0. The maximum Gasteiger partial charge on any atom is 0.311 e. The van der Waals surface area contributed by atoms with Crippen molar-refractivity contribution in [2.75, 3.05) is 30.0 Å². The lowest BCUT2D eigenvalue weighted by Gasteiger charge is -2.19. The molecule has 7 heteroatoms. The molecule has 1 atom stereocenters. The van der Waals surface area contributed by atoms with Crippen LogP contribution < -0.4 is 15.0 Å². The van der Waals surface area contributed by atoms with Crippen LogP contribution in [0.4, 0.5) is 11.4 Å². The first kappa shape index (κ1) is 21.4. The standard InChI is InChI=1S/C23H26N2O5/c1-4-29-19-8-6-18(7-9-19)24-21(26)14-30-23(28)17-12-22(27)25(13-17)20-10-5-15(2)11-16(20)3/h5-11,17H,4,12-14H2,1-3H3,(H,24,26)/t17-/m0/s1. The largest absolute Gasteiger partial charge is 0.494 e. The van der Waals surface area contributed by atoms with Crippen molar-refractivity contribution >= 4 is 29.2 Å². The van der Waals surface area contributed by atoms with E-state index in [-0.39, 0.29) is 18.9 Å². The van der Waals surface area contributed by atoms with Crippen LogP contribution >= 0.6 is 0 Å². The molecule has 158 valence electrons. The van der Waals surface area contributed by atoms with Gasteiger partial charge in [0.25, 0.3) is 5.91 Å². The molecule has 2 amide bonds. The van der Waals surface area contributed by atoms with E-state index in [1.165, 1.54) is 0 Å². The number of ether oxygens (including phenoxy) is 2. The van der Waals surface area contributed by atoms with Gasteiger partial charge in [-0.15, -0.1) is 0 Å². The topological polar surface area (TPSA) is 84.9 Å². The number of aryl methyl sites for hydroxylation is 2. The Hall–Kier alpha value is -3.35. The number of anilines is 2. The number of hydrogen-bond donors (Lipinski definition) is 1. The van der Waals surface area contributed by atoms with E-state index >= 15 is 0 Å². The number of rotatable bonds is 7. The van der Waals surface area contributed by atoms with Crippen molar-refractivity contribution in [3.05, 3.63) is 53.6 Å². The Morgan fingerprint density at radius 2 is 1.87 bits per heavy atom. The van der Waals surface area contributed by atoms with Crippen molar-refractivity contribution in [3.63, 3.8) is 0 Å². The first-order valence-corrected chi connectivity index (χ1v) is 9.94. The summed E-state index contributed by atoms with van der Waals surface area (Å²) in [5.41, 5.74) is 3.47. The van der Waals surface area contributed by atoms with Gasteiger partial charge in [-0.25, -0.2) is 0 Å². The van der Waals surface area contributed by atoms with E-state index in [0.717, 1.165) is 16.8 Å². The summed E-state index contributed by atoms with van der Waals surface area (Å²) in [5.74, 6) is -0.985. The molecular formula is C23H26N2O5. The zero-order chi connectivity index (χ0) is 21.7. The van der Waals surface area contributed by atoms with Crippen molar-refractivity contribution in [1.29, 1.82) is 0 Å². The highest BCUT2D eigenvalue weighted by molar-refractivity contribution is 6.00. The molecule has 1 fully saturated rings. The molecule has 0 bridgehead atoms. The number of esters is 1. The van der Waals surface area contributed by atoms with Crippen molar-refractivity contribution in [2.24, 2.45) is 5.92 Å². The van der Waals surface area contributed by atoms with Crippen LogP contribution in [-0.2, 0) is 19.1 Å². The average molecular weight is 410 g/mol. The minimum Gasteiger partial charge on any atom is -0.494 e. The summed E-state index contributed by atoms with van der Waals surface area (Å²) in [6.07, 6.45) is 0.0761. The van der Waals surface area contributed by atoms with Gasteiger partial charge in [-0.2, -0.15) is 0 Å². The second kappa shape index (κ2) is 9.43. The minimum atomic E-state index is -0.587. The second-order valence-corrected chi connectivity index (χ2v) is 7.31.